The first-order chi connectivity index (χ1) is 16.5. The number of carbonyl (C=O) groups is 1. The summed E-state index contributed by atoms with van der Waals surface area (Å²) in [6.45, 7) is 3.77. The number of benzene rings is 1. The molecule has 1 aliphatic rings. The number of carbonyl (C=O) groups excluding carboxylic acids is 1. The quantitative estimate of drug-likeness (QED) is 0.428. The molecule has 1 fully saturated rings. The van der Waals surface area contributed by atoms with E-state index in [0.717, 1.165) is 36.0 Å². The fraction of sp³-hybridized carbons (Fsp3) is 0.440. The third-order valence-corrected chi connectivity index (χ3v) is 6.63. The third kappa shape index (κ3) is 5.62. The molecule has 3 heterocycles. The van der Waals surface area contributed by atoms with E-state index < -0.39 is 5.91 Å². The molecule has 34 heavy (non-hydrogen) atoms. The minimum absolute atomic E-state index is 0.0856. The Morgan fingerprint density at radius 2 is 2.03 bits per heavy atom. The van der Waals surface area contributed by atoms with E-state index in [2.05, 4.69) is 9.88 Å². The second kappa shape index (κ2) is 11.1. The molecule has 9 heteroatoms. The Hall–Kier alpha value is -2.84. The lowest BCUT2D eigenvalue weighted by Gasteiger charge is -2.25. The fourth-order valence-corrected chi connectivity index (χ4v) is 4.68. The van der Waals surface area contributed by atoms with Crippen LogP contribution in [0.3, 0.4) is 0 Å². The fourth-order valence-electron chi connectivity index (χ4n) is 4.55. The van der Waals surface area contributed by atoms with Crippen LogP contribution in [0.15, 0.2) is 47.5 Å². The molecule has 0 aliphatic carbocycles. The number of aromatic nitrogens is 3. The van der Waals surface area contributed by atoms with Gasteiger partial charge >= 0.3 is 0 Å². The summed E-state index contributed by atoms with van der Waals surface area (Å²) in [6, 6.07) is 9.49. The lowest BCUT2D eigenvalue weighted by Crippen LogP contribution is -2.38. The van der Waals surface area contributed by atoms with Gasteiger partial charge in [-0.3, -0.25) is 19.5 Å². The van der Waals surface area contributed by atoms with Crippen LogP contribution in [-0.2, 0) is 17.8 Å². The molecule has 1 aromatic carbocycles. The van der Waals surface area contributed by atoms with Crippen molar-refractivity contribution in [3.05, 3.63) is 69.4 Å². The molecule has 2 aromatic heterocycles. The highest BCUT2D eigenvalue weighted by Gasteiger charge is 2.26. The first-order valence-corrected chi connectivity index (χ1v) is 12.1. The van der Waals surface area contributed by atoms with Crippen LogP contribution in [0, 0.1) is 0 Å². The highest BCUT2D eigenvalue weighted by Crippen LogP contribution is 2.21. The lowest BCUT2D eigenvalue weighted by molar-refractivity contribution is -0.146. The third-order valence-electron chi connectivity index (χ3n) is 6.38. The molecule has 0 spiro atoms. The average Bonchev–Trinajstić information content (AvgIpc) is 3.29. The van der Waals surface area contributed by atoms with Gasteiger partial charge in [-0.2, -0.15) is 10.2 Å². The maximum absolute atomic E-state index is 13.8. The summed E-state index contributed by atoms with van der Waals surface area (Å²) in [4.78, 5) is 31.2. The van der Waals surface area contributed by atoms with Crippen LogP contribution in [0.25, 0.3) is 10.8 Å². The summed E-state index contributed by atoms with van der Waals surface area (Å²) in [5.74, 6) is -0.493. The van der Waals surface area contributed by atoms with E-state index in [1.165, 1.54) is 0 Å². The van der Waals surface area contributed by atoms with E-state index >= 15 is 0 Å². The number of pyridine rings is 1. The second-order valence-electron chi connectivity index (χ2n) is 8.68. The van der Waals surface area contributed by atoms with Gasteiger partial charge in [0.25, 0.3) is 5.56 Å². The molecule has 0 radical (unpaired) electrons. The monoisotopic (exact) mass is 485 g/mol. The van der Waals surface area contributed by atoms with Crippen LogP contribution in [-0.4, -0.2) is 56.4 Å². The first kappa shape index (κ1) is 24.3. The zero-order valence-corrected chi connectivity index (χ0v) is 20.0. The van der Waals surface area contributed by atoms with Gasteiger partial charge in [0.05, 0.1) is 24.2 Å². The Kier molecular flexibility index (Phi) is 7.90. The highest BCUT2D eigenvalue weighted by atomic mass is 35.5. The maximum Gasteiger partial charge on any atom is 0.274 e. The number of amides is 1. The van der Waals surface area contributed by atoms with Crippen LogP contribution < -0.4 is 5.56 Å². The average molecular weight is 486 g/mol. The summed E-state index contributed by atoms with van der Waals surface area (Å²) in [6.07, 6.45) is 6.55. The number of nitrogens with zero attached hydrogens (tertiary/aromatic N) is 5. The molecule has 1 aliphatic heterocycles. The topological polar surface area (TPSA) is 71.3 Å². The molecule has 3 aromatic rings. The largest absolute Gasteiger partial charge is 0.298 e. The van der Waals surface area contributed by atoms with Gasteiger partial charge in [-0.15, -0.1) is 0 Å². The smallest absolute Gasteiger partial charge is 0.274 e. The molecule has 1 unspecified atom stereocenters. The summed E-state index contributed by atoms with van der Waals surface area (Å²) in [7, 11) is 0. The minimum atomic E-state index is -0.493. The molecule has 180 valence electrons. The molecule has 1 amide bonds. The number of likely N-dealkylation sites (tertiary alicyclic amines) is 1. The van der Waals surface area contributed by atoms with E-state index in [1.807, 2.05) is 24.3 Å². The van der Waals surface area contributed by atoms with Gasteiger partial charge in [0.1, 0.15) is 0 Å². The molecule has 1 saturated heterocycles. The molecule has 0 bridgehead atoms. The summed E-state index contributed by atoms with van der Waals surface area (Å²) < 4.78 is 15.3. The van der Waals surface area contributed by atoms with Gasteiger partial charge < -0.3 is 0 Å². The molecule has 1 atom stereocenters. The van der Waals surface area contributed by atoms with Crippen LogP contribution in [0.4, 0.5) is 4.48 Å². The zero-order chi connectivity index (χ0) is 24.1. The van der Waals surface area contributed by atoms with Gasteiger partial charge in [-0.05, 0) is 49.6 Å². The Morgan fingerprint density at radius 1 is 1.24 bits per heavy atom. The van der Waals surface area contributed by atoms with Gasteiger partial charge in [0.2, 0.25) is 5.91 Å². The van der Waals surface area contributed by atoms with Crippen molar-refractivity contribution in [2.24, 2.45) is 0 Å². The van der Waals surface area contributed by atoms with Crippen molar-refractivity contribution in [3.63, 3.8) is 0 Å². The summed E-state index contributed by atoms with van der Waals surface area (Å²) in [5, 5.41) is 7.08. The first-order valence-electron chi connectivity index (χ1n) is 11.7. The number of halogens is 2. The zero-order valence-electron chi connectivity index (χ0n) is 19.3. The van der Waals surface area contributed by atoms with Gasteiger partial charge in [0, 0.05) is 48.2 Å². The molecule has 7 nitrogen and oxygen atoms in total. The van der Waals surface area contributed by atoms with Gasteiger partial charge in [-0.25, -0.2) is 4.68 Å². The van der Waals surface area contributed by atoms with Crippen LogP contribution in [0.2, 0.25) is 5.02 Å². The number of hydrogen-bond donors (Lipinski definition) is 0. The van der Waals surface area contributed by atoms with Crippen molar-refractivity contribution in [1.82, 2.24) is 24.8 Å². The van der Waals surface area contributed by atoms with Crippen LogP contribution in [0.5, 0.6) is 0 Å². The normalized spacial score (nSPS) is 16.3. The summed E-state index contributed by atoms with van der Waals surface area (Å²) in [5.41, 5.74) is 1.71. The second-order valence-corrected chi connectivity index (χ2v) is 9.11. The van der Waals surface area contributed by atoms with Gasteiger partial charge in [0.15, 0.2) is 0 Å². The van der Waals surface area contributed by atoms with Crippen molar-refractivity contribution in [1.29, 1.82) is 0 Å². The van der Waals surface area contributed by atoms with Crippen molar-refractivity contribution in [2.45, 2.75) is 51.6 Å². The molecule has 4 rings (SSSR count). The van der Waals surface area contributed by atoms with Crippen LogP contribution >= 0.6 is 11.6 Å². The Labute approximate surface area is 203 Å². The van der Waals surface area contributed by atoms with Crippen molar-refractivity contribution < 1.29 is 9.28 Å². The van der Waals surface area contributed by atoms with Crippen LogP contribution in [0.1, 0.15) is 43.9 Å². The number of hydrogen-bond acceptors (Lipinski definition) is 5. The van der Waals surface area contributed by atoms with Crippen molar-refractivity contribution in [2.75, 3.05) is 19.6 Å². The van der Waals surface area contributed by atoms with E-state index in [1.54, 1.807) is 30.1 Å². The Bertz CT molecular complexity index is 1200. The molecule has 0 saturated carbocycles. The predicted octanol–water partition coefficient (Wildman–Crippen LogP) is 4.01. The Balaban J connectivity index is 1.53. The van der Waals surface area contributed by atoms with Crippen molar-refractivity contribution in [3.8, 4) is 0 Å². The maximum atomic E-state index is 13.8. The lowest BCUT2D eigenvalue weighted by atomic mass is 10.1. The van der Waals surface area contributed by atoms with E-state index in [4.69, 9.17) is 16.7 Å². The molecular formula is C25H29ClFN5O2. The number of rotatable bonds is 9. The predicted molar refractivity (Wildman–Crippen MR) is 130 cm³/mol. The van der Waals surface area contributed by atoms with E-state index in [9.17, 15) is 14.1 Å². The standard InChI is InChI=1S/C25H29ClFN5O2/c1-2-24(33)31(27)14-4-13-30-12-3-5-20(30)17-32-25(34)21-10-11-28-16-22(21)23(29-32)15-18-6-8-19(26)9-7-18/h6-11,16,20H,2-5,12-15,17H2,1H3. The minimum Gasteiger partial charge on any atom is -0.298 e. The summed E-state index contributed by atoms with van der Waals surface area (Å²) >= 11 is 6.02. The highest BCUT2D eigenvalue weighted by molar-refractivity contribution is 6.30. The molecular weight excluding hydrogens is 457 g/mol. The van der Waals surface area contributed by atoms with Crippen molar-refractivity contribution >= 4 is 28.3 Å². The molecule has 0 N–H and O–H groups in total. The van der Waals surface area contributed by atoms with E-state index in [-0.39, 0.29) is 24.6 Å². The SMILES string of the molecule is CCC(=O)N(F)CCCN1CCCC1Cn1nc(Cc2ccc(Cl)cc2)c2cnccc2c1=O. The number of fused-ring (bicyclic) bond motifs is 1. The van der Waals surface area contributed by atoms with Gasteiger partial charge in [-0.1, -0.05) is 35.1 Å². The van der Waals surface area contributed by atoms with E-state index in [0.29, 0.717) is 41.5 Å². The Morgan fingerprint density at radius 3 is 2.79 bits per heavy atom.